The van der Waals surface area contributed by atoms with Crippen LogP contribution in [0.3, 0.4) is 0 Å². The average molecular weight is 528 g/mol. The first-order valence-electron chi connectivity index (χ1n) is 12.6. The van der Waals surface area contributed by atoms with Crippen LogP contribution in [0.2, 0.25) is 0 Å². The molecule has 0 spiro atoms. The van der Waals surface area contributed by atoms with Crippen molar-refractivity contribution in [2.45, 2.75) is 51.2 Å². The number of nitrogens with zero attached hydrogens (tertiary/aromatic N) is 1. The van der Waals surface area contributed by atoms with Crippen molar-refractivity contribution in [3.63, 3.8) is 0 Å². The SMILES string of the molecule is C=C(OC(C)(C)C)C(=O)C[C@@H](C(=O)O)N1Cc2cc3c(cc2C1=O)OC(c1ccccc1)(c1ccccc1)O3. The molecule has 3 aromatic rings. The van der Waals surface area contributed by atoms with E-state index in [2.05, 4.69) is 6.58 Å². The highest BCUT2D eigenvalue weighted by molar-refractivity contribution is 6.03. The van der Waals surface area contributed by atoms with Crippen molar-refractivity contribution < 1.29 is 33.7 Å². The maximum atomic E-state index is 13.4. The molecule has 8 nitrogen and oxygen atoms in total. The fourth-order valence-electron chi connectivity index (χ4n) is 4.85. The Balaban J connectivity index is 1.42. The lowest BCUT2D eigenvalue weighted by Crippen LogP contribution is -2.43. The third kappa shape index (κ3) is 4.85. The molecule has 39 heavy (non-hydrogen) atoms. The zero-order chi connectivity index (χ0) is 27.9. The molecule has 200 valence electrons. The standard InChI is InChI=1S/C31H29NO7/c1-19(37-30(2,3)4)25(33)17-24(29(35)36)32-18-20-15-26-27(16-23(20)28(32)34)39-31(38-26,21-11-7-5-8-12-21)22-13-9-6-10-14-22/h5-16,24H,1,17-18H2,2-4H3,(H,35,36)/t24-/m0/s1. The summed E-state index contributed by atoms with van der Waals surface area (Å²) < 4.78 is 18.4. The third-order valence-corrected chi connectivity index (χ3v) is 6.60. The summed E-state index contributed by atoms with van der Waals surface area (Å²) in [7, 11) is 0. The van der Waals surface area contributed by atoms with Crippen molar-refractivity contribution in [3.05, 3.63) is 107 Å². The van der Waals surface area contributed by atoms with Crippen LogP contribution in [0, 0.1) is 0 Å². The summed E-state index contributed by atoms with van der Waals surface area (Å²) in [5.41, 5.74) is 1.78. The zero-order valence-electron chi connectivity index (χ0n) is 22.0. The summed E-state index contributed by atoms with van der Waals surface area (Å²) in [4.78, 5) is 39.5. The Morgan fingerprint density at radius 2 is 1.54 bits per heavy atom. The molecule has 0 aliphatic carbocycles. The number of benzene rings is 3. The lowest BCUT2D eigenvalue weighted by atomic mass is 9.97. The number of carboxylic acids is 1. The number of ketones is 1. The lowest BCUT2D eigenvalue weighted by Gasteiger charge is -2.28. The number of fused-ring (bicyclic) bond motifs is 2. The first-order chi connectivity index (χ1) is 18.5. The van der Waals surface area contributed by atoms with Crippen LogP contribution in [0.4, 0.5) is 0 Å². The summed E-state index contributed by atoms with van der Waals surface area (Å²) >= 11 is 0. The van der Waals surface area contributed by atoms with Crippen molar-refractivity contribution in [1.29, 1.82) is 0 Å². The van der Waals surface area contributed by atoms with Crippen molar-refractivity contribution in [3.8, 4) is 11.5 Å². The number of aliphatic carboxylic acids is 1. The van der Waals surface area contributed by atoms with Crippen LogP contribution in [0.1, 0.15) is 54.2 Å². The number of allylic oxidation sites excluding steroid dienone is 1. The van der Waals surface area contributed by atoms with Gasteiger partial charge < -0.3 is 24.2 Å². The second-order valence-electron chi connectivity index (χ2n) is 10.6. The molecule has 5 rings (SSSR count). The number of ether oxygens (including phenoxy) is 3. The molecular weight excluding hydrogens is 498 g/mol. The van der Waals surface area contributed by atoms with E-state index in [9.17, 15) is 19.5 Å². The summed E-state index contributed by atoms with van der Waals surface area (Å²) in [6, 6.07) is 20.9. The monoisotopic (exact) mass is 527 g/mol. The molecule has 1 N–H and O–H groups in total. The van der Waals surface area contributed by atoms with E-state index < -0.39 is 41.5 Å². The lowest BCUT2D eigenvalue weighted by molar-refractivity contribution is -0.144. The van der Waals surface area contributed by atoms with Crippen molar-refractivity contribution >= 4 is 17.7 Å². The van der Waals surface area contributed by atoms with E-state index in [1.807, 2.05) is 60.7 Å². The van der Waals surface area contributed by atoms with Crippen LogP contribution in [-0.2, 0) is 26.7 Å². The predicted octanol–water partition coefficient (Wildman–Crippen LogP) is 5.06. The molecule has 2 aliphatic rings. The predicted molar refractivity (Wildman–Crippen MR) is 142 cm³/mol. The number of carbonyl (C=O) groups is 3. The fourth-order valence-corrected chi connectivity index (χ4v) is 4.85. The Bertz CT molecular complexity index is 1420. The van der Waals surface area contributed by atoms with Gasteiger partial charge in [-0.3, -0.25) is 9.59 Å². The molecule has 0 saturated carbocycles. The van der Waals surface area contributed by atoms with E-state index in [1.165, 1.54) is 4.90 Å². The first-order valence-corrected chi connectivity index (χ1v) is 12.6. The highest BCUT2D eigenvalue weighted by atomic mass is 16.7. The van der Waals surface area contributed by atoms with Crippen LogP contribution in [0.25, 0.3) is 0 Å². The highest BCUT2D eigenvalue weighted by Gasteiger charge is 2.47. The molecule has 3 aromatic carbocycles. The number of Topliss-reactive ketones (excluding diaryl/α,β-unsaturated/α-hetero) is 1. The van der Waals surface area contributed by atoms with Crippen LogP contribution < -0.4 is 9.47 Å². The molecule has 1 atom stereocenters. The van der Waals surface area contributed by atoms with Gasteiger partial charge in [0.05, 0.1) is 0 Å². The number of hydrogen-bond donors (Lipinski definition) is 1. The summed E-state index contributed by atoms with van der Waals surface area (Å²) in [5.74, 6) is -2.96. The van der Waals surface area contributed by atoms with Gasteiger partial charge in [-0.05, 0) is 38.5 Å². The Labute approximate surface area is 226 Å². The summed E-state index contributed by atoms with van der Waals surface area (Å²) in [6.45, 7) is 8.92. The number of hydrogen-bond acceptors (Lipinski definition) is 6. The van der Waals surface area contributed by atoms with E-state index in [-0.39, 0.29) is 12.3 Å². The number of rotatable bonds is 8. The Hall–Kier alpha value is -4.59. The van der Waals surface area contributed by atoms with Crippen LogP contribution in [-0.4, -0.2) is 39.3 Å². The van der Waals surface area contributed by atoms with Gasteiger partial charge in [-0.15, -0.1) is 0 Å². The van der Waals surface area contributed by atoms with E-state index in [1.54, 1.807) is 32.9 Å². The van der Waals surface area contributed by atoms with Gasteiger partial charge in [0.1, 0.15) is 11.6 Å². The van der Waals surface area contributed by atoms with Gasteiger partial charge in [-0.25, -0.2) is 4.79 Å². The second kappa shape index (κ2) is 9.62. The van der Waals surface area contributed by atoms with E-state index in [0.29, 0.717) is 22.6 Å². The van der Waals surface area contributed by atoms with Gasteiger partial charge >= 0.3 is 11.8 Å². The minimum atomic E-state index is -1.39. The van der Waals surface area contributed by atoms with Crippen LogP contribution in [0.5, 0.6) is 11.5 Å². The molecule has 0 radical (unpaired) electrons. The molecule has 2 aliphatic heterocycles. The van der Waals surface area contributed by atoms with Crippen molar-refractivity contribution in [2.24, 2.45) is 0 Å². The smallest absolute Gasteiger partial charge is 0.326 e. The largest absolute Gasteiger partial charge is 0.485 e. The second-order valence-corrected chi connectivity index (χ2v) is 10.6. The maximum absolute atomic E-state index is 13.4. The molecule has 8 heteroatoms. The van der Waals surface area contributed by atoms with E-state index >= 15 is 0 Å². The molecule has 1 amide bonds. The van der Waals surface area contributed by atoms with E-state index in [0.717, 1.165) is 11.1 Å². The summed E-state index contributed by atoms with van der Waals surface area (Å²) in [6.07, 6.45) is -0.457. The molecular formula is C31H29NO7. The van der Waals surface area contributed by atoms with Gasteiger partial charge in [0.15, 0.2) is 23.0 Å². The molecule has 0 saturated heterocycles. The summed E-state index contributed by atoms with van der Waals surface area (Å²) in [5, 5.41) is 9.91. The zero-order valence-corrected chi connectivity index (χ0v) is 22.0. The van der Waals surface area contributed by atoms with Crippen molar-refractivity contribution in [1.82, 2.24) is 4.90 Å². The third-order valence-electron chi connectivity index (χ3n) is 6.60. The fraction of sp³-hybridized carbons (Fsp3) is 0.258. The Morgan fingerprint density at radius 3 is 2.05 bits per heavy atom. The number of carboxylic acid groups (broad SMARTS) is 1. The quantitative estimate of drug-likeness (QED) is 0.323. The molecule has 2 heterocycles. The molecule has 0 bridgehead atoms. The molecule has 0 aromatic heterocycles. The van der Waals surface area contributed by atoms with Gasteiger partial charge in [-0.1, -0.05) is 67.2 Å². The topological polar surface area (TPSA) is 102 Å². The highest BCUT2D eigenvalue weighted by Crippen LogP contribution is 2.49. The van der Waals surface area contributed by atoms with Crippen LogP contribution >= 0.6 is 0 Å². The first kappa shape index (κ1) is 26.0. The van der Waals surface area contributed by atoms with Gasteiger partial charge in [-0.2, -0.15) is 0 Å². The normalized spacial score (nSPS) is 16.0. The number of carbonyl (C=O) groups excluding carboxylic acids is 2. The average Bonchev–Trinajstić information content (AvgIpc) is 3.43. The Kier molecular flexibility index (Phi) is 6.42. The molecule has 0 unspecified atom stereocenters. The minimum absolute atomic E-state index is 0.00529. The Morgan fingerprint density at radius 1 is 1.00 bits per heavy atom. The van der Waals surface area contributed by atoms with Gasteiger partial charge in [0.2, 0.25) is 0 Å². The van der Waals surface area contributed by atoms with Gasteiger partial charge in [0.25, 0.3) is 5.91 Å². The van der Waals surface area contributed by atoms with Gasteiger partial charge in [0, 0.05) is 29.7 Å². The van der Waals surface area contributed by atoms with E-state index in [4.69, 9.17) is 14.2 Å². The molecule has 0 fully saturated rings. The maximum Gasteiger partial charge on any atom is 0.326 e. The minimum Gasteiger partial charge on any atom is -0.485 e. The van der Waals surface area contributed by atoms with Crippen molar-refractivity contribution in [2.75, 3.05) is 0 Å². The van der Waals surface area contributed by atoms with Crippen LogP contribution in [0.15, 0.2) is 85.1 Å². The number of amides is 1.